The quantitative estimate of drug-likeness (QED) is 0.397. The van der Waals surface area contributed by atoms with Gasteiger partial charge in [-0.25, -0.2) is 0 Å². The second-order valence-corrected chi connectivity index (χ2v) is 8.95. The van der Waals surface area contributed by atoms with Crippen LogP contribution in [0.25, 0.3) is 0 Å². The largest absolute Gasteiger partial charge is 0.573 e. The molecule has 1 saturated carbocycles. The first kappa shape index (κ1) is 25.0. The van der Waals surface area contributed by atoms with E-state index in [9.17, 15) is 22.8 Å². The van der Waals surface area contributed by atoms with Crippen LogP contribution in [-0.2, 0) is 9.53 Å². The molecule has 1 aliphatic carbocycles. The molecule has 0 saturated heterocycles. The number of fused-ring (bicyclic) bond motifs is 2. The van der Waals surface area contributed by atoms with E-state index in [4.69, 9.17) is 4.74 Å². The van der Waals surface area contributed by atoms with E-state index in [-0.39, 0.29) is 35.6 Å². The first-order valence-electron chi connectivity index (χ1n) is 11.9. The zero-order valence-corrected chi connectivity index (χ0v) is 19.5. The SMILES string of the molecule is CC(=O)OCCCCNC1c2ccccc2N(C(=O)c2ccc(OC(F)(F)F)cc2)C2CCCC12. The van der Waals surface area contributed by atoms with Gasteiger partial charge in [-0.1, -0.05) is 24.6 Å². The maximum Gasteiger partial charge on any atom is 0.573 e. The third-order valence-electron chi connectivity index (χ3n) is 6.62. The first-order valence-corrected chi connectivity index (χ1v) is 11.9. The van der Waals surface area contributed by atoms with E-state index in [1.165, 1.54) is 31.2 Å². The Morgan fingerprint density at radius 1 is 1.06 bits per heavy atom. The van der Waals surface area contributed by atoms with Gasteiger partial charge < -0.3 is 19.7 Å². The second-order valence-electron chi connectivity index (χ2n) is 8.95. The topological polar surface area (TPSA) is 67.9 Å². The fraction of sp³-hybridized carbons (Fsp3) is 0.462. The van der Waals surface area contributed by atoms with Crippen LogP contribution in [0.4, 0.5) is 18.9 Å². The van der Waals surface area contributed by atoms with Crippen molar-refractivity contribution in [2.24, 2.45) is 5.92 Å². The molecule has 1 aliphatic heterocycles. The average molecular weight is 491 g/mol. The number of hydrogen-bond donors (Lipinski definition) is 1. The Labute approximate surface area is 202 Å². The number of para-hydroxylation sites is 1. The van der Waals surface area contributed by atoms with Crippen LogP contribution in [0, 0.1) is 5.92 Å². The molecule has 1 N–H and O–H groups in total. The van der Waals surface area contributed by atoms with Gasteiger partial charge in [0.1, 0.15) is 5.75 Å². The summed E-state index contributed by atoms with van der Waals surface area (Å²) < 4.78 is 46.4. The highest BCUT2D eigenvalue weighted by molar-refractivity contribution is 6.07. The number of hydrogen-bond acceptors (Lipinski definition) is 5. The average Bonchev–Trinajstić information content (AvgIpc) is 3.29. The summed E-state index contributed by atoms with van der Waals surface area (Å²) >= 11 is 0. The maximum atomic E-state index is 13.6. The monoisotopic (exact) mass is 490 g/mol. The molecule has 1 amide bonds. The third kappa shape index (κ3) is 5.96. The zero-order valence-electron chi connectivity index (χ0n) is 19.5. The normalized spacial score (nSPS) is 21.3. The van der Waals surface area contributed by atoms with E-state index in [1.807, 2.05) is 29.2 Å². The second kappa shape index (κ2) is 10.7. The Balaban J connectivity index is 1.52. The van der Waals surface area contributed by atoms with Crippen LogP contribution in [0.1, 0.15) is 61.0 Å². The number of nitrogens with one attached hydrogen (secondary N) is 1. The summed E-state index contributed by atoms with van der Waals surface area (Å²) in [4.78, 5) is 26.3. The number of ether oxygens (including phenoxy) is 2. The summed E-state index contributed by atoms with van der Waals surface area (Å²) in [6.07, 6.45) is -0.310. The summed E-state index contributed by atoms with van der Waals surface area (Å²) in [5.74, 6) is -0.632. The molecule has 188 valence electrons. The number of carbonyl (C=O) groups excluding carboxylic acids is 2. The van der Waals surface area contributed by atoms with Crippen molar-refractivity contribution in [3.8, 4) is 5.75 Å². The molecule has 2 aliphatic rings. The molecular weight excluding hydrogens is 461 g/mol. The number of rotatable bonds is 8. The van der Waals surface area contributed by atoms with Crippen molar-refractivity contribution < 1.29 is 32.2 Å². The number of amides is 1. The first-order chi connectivity index (χ1) is 16.7. The van der Waals surface area contributed by atoms with Crippen molar-refractivity contribution in [3.63, 3.8) is 0 Å². The van der Waals surface area contributed by atoms with E-state index in [0.29, 0.717) is 12.2 Å². The Kier molecular flexibility index (Phi) is 7.64. The van der Waals surface area contributed by atoms with E-state index >= 15 is 0 Å². The van der Waals surface area contributed by atoms with Gasteiger partial charge in [-0.15, -0.1) is 13.2 Å². The van der Waals surface area contributed by atoms with Crippen molar-refractivity contribution in [2.75, 3.05) is 18.1 Å². The van der Waals surface area contributed by atoms with Gasteiger partial charge in [-0.2, -0.15) is 0 Å². The lowest BCUT2D eigenvalue weighted by Crippen LogP contribution is -2.50. The lowest BCUT2D eigenvalue weighted by molar-refractivity contribution is -0.274. The zero-order chi connectivity index (χ0) is 25.0. The highest BCUT2D eigenvalue weighted by atomic mass is 19.4. The number of unbranched alkanes of at least 4 members (excludes halogenated alkanes) is 1. The Morgan fingerprint density at radius 2 is 1.80 bits per heavy atom. The van der Waals surface area contributed by atoms with Gasteiger partial charge in [0.2, 0.25) is 0 Å². The van der Waals surface area contributed by atoms with E-state index < -0.39 is 6.36 Å². The van der Waals surface area contributed by atoms with Gasteiger partial charge >= 0.3 is 12.3 Å². The maximum absolute atomic E-state index is 13.6. The summed E-state index contributed by atoms with van der Waals surface area (Å²) in [6.45, 7) is 2.56. The molecule has 4 rings (SSSR count). The van der Waals surface area contributed by atoms with E-state index in [1.54, 1.807) is 0 Å². The third-order valence-corrected chi connectivity index (χ3v) is 6.62. The van der Waals surface area contributed by atoms with Crippen molar-refractivity contribution in [3.05, 3.63) is 59.7 Å². The standard InChI is InChI=1S/C26H29F3N2O4/c1-17(32)34-16-5-4-15-30-24-20-7-2-3-9-22(20)31(23-10-6-8-21(23)24)25(33)18-11-13-19(14-12-18)35-26(27,28)29/h2-3,7,9,11-14,21,23-24,30H,4-6,8,10,15-16H2,1H3. The van der Waals surface area contributed by atoms with Crippen molar-refractivity contribution in [1.29, 1.82) is 0 Å². The molecule has 1 fully saturated rings. The van der Waals surface area contributed by atoms with Crippen LogP contribution in [0.2, 0.25) is 0 Å². The molecule has 0 bridgehead atoms. The number of carbonyl (C=O) groups is 2. The molecule has 9 heteroatoms. The van der Waals surface area contributed by atoms with Crippen LogP contribution in [-0.4, -0.2) is 37.4 Å². The highest BCUT2D eigenvalue weighted by Crippen LogP contribution is 2.48. The summed E-state index contributed by atoms with van der Waals surface area (Å²) in [5.41, 5.74) is 2.19. The van der Waals surface area contributed by atoms with Crippen LogP contribution >= 0.6 is 0 Å². The number of alkyl halides is 3. The molecule has 0 spiro atoms. The molecule has 3 atom stereocenters. The minimum absolute atomic E-state index is 0.00190. The number of benzene rings is 2. The fourth-order valence-electron chi connectivity index (χ4n) is 5.22. The molecule has 0 radical (unpaired) electrons. The van der Waals surface area contributed by atoms with Crippen LogP contribution in [0.15, 0.2) is 48.5 Å². The molecular formula is C26H29F3N2O4. The molecule has 1 heterocycles. The van der Waals surface area contributed by atoms with Gasteiger partial charge in [-0.05, 0) is 74.0 Å². The van der Waals surface area contributed by atoms with Gasteiger partial charge in [0, 0.05) is 30.3 Å². The lowest BCUT2D eigenvalue weighted by Gasteiger charge is -2.44. The summed E-state index contributed by atoms with van der Waals surface area (Å²) in [5, 5.41) is 3.66. The lowest BCUT2D eigenvalue weighted by atomic mass is 9.82. The smallest absolute Gasteiger partial charge is 0.466 e. The number of halogens is 3. The van der Waals surface area contributed by atoms with E-state index in [0.717, 1.165) is 49.9 Å². The van der Waals surface area contributed by atoms with Crippen molar-refractivity contribution in [1.82, 2.24) is 5.32 Å². The number of anilines is 1. The van der Waals surface area contributed by atoms with Crippen molar-refractivity contribution in [2.45, 2.75) is 57.5 Å². The van der Waals surface area contributed by atoms with Gasteiger partial charge in [0.25, 0.3) is 5.91 Å². The molecule has 2 aromatic rings. The molecule has 35 heavy (non-hydrogen) atoms. The molecule has 2 aromatic carbocycles. The Hall–Kier alpha value is -3.07. The van der Waals surface area contributed by atoms with Crippen LogP contribution in [0.3, 0.4) is 0 Å². The predicted molar refractivity (Wildman–Crippen MR) is 124 cm³/mol. The Bertz CT molecular complexity index is 1040. The molecule has 3 unspecified atom stereocenters. The summed E-state index contributed by atoms with van der Waals surface area (Å²) in [7, 11) is 0. The highest BCUT2D eigenvalue weighted by Gasteiger charge is 2.45. The fourth-order valence-corrected chi connectivity index (χ4v) is 5.22. The van der Waals surface area contributed by atoms with Crippen molar-refractivity contribution >= 4 is 17.6 Å². The predicted octanol–water partition coefficient (Wildman–Crippen LogP) is 5.39. The minimum atomic E-state index is -4.78. The molecule has 0 aromatic heterocycles. The van der Waals surface area contributed by atoms with Crippen LogP contribution < -0.4 is 15.0 Å². The van der Waals surface area contributed by atoms with Crippen LogP contribution in [0.5, 0.6) is 5.75 Å². The molecule has 6 nitrogen and oxygen atoms in total. The van der Waals surface area contributed by atoms with Gasteiger partial charge in [-0.3, -0.25) is 9.59 Å². The number of nitrogens with zero attached hydrogens (tertiary/aromatic N) is 1. The summed E-state index contributed by atoms with van der Waals surface area (Å²) in [6, 6.07) is 13.0. The van der Waals surface area contributed by atoms with E-state index in [2.05, 4.69) is 10.1 Å². The minimum Gasteiger partial charge on any atom is -0.466 e. The Morgan fingerprint density at radius 3 is 2.51 bits per heavy atom. The van der Waals surface area contributed by atoms with Gasteiger partial charge in [0.15, 0.2) is 0 Å². The number of esters is 1. The van der Waals surface area contributed by atoms with Gasteiger partial charge in [0.05, 0.1) is 6.61 Å².